The van der Waals surface area contributed by atoms with Gasteiger partial charge in [0.2, 0.25) is 22.2 Å². The predicted octanol–water partition coefficient (Wildman–Crippen LogP) is 6.24. The summed E-state index contributed by atoms with van der Waals surface area (Å²) in [5.41, 5.74) is 0.894. The first-order valence-corrected chi connectivity index (χ1v) is 24.0. The molecule has 1 aliphatic carbocycles. The minimum Gasteiger partial charge on any atom is -0.478 e. The summed E-state index contributed by atoms with van der Waals surface area (Å²) in [6.45, 7) is 10.5. The van der Waals surface area contributed by atoms with E-state index in [0.717, 1.165) is 123 Å². The molecule has 0 bridgehead atoms. The van der Waals surface area contributed by atoms with Crippen molar-refractivity contribution >= 4 is 68.7 Å². The second-order valence-electron chi connectivity index (χ2n) is 18.5. The number of rotatable bonds is 11. The second kappa shape index (κ2) is 19.3. The van der Waals surface area contributed by atoms with Crippen LogP contribution in [0.15, 0.2) is 36.7 Å². The largest absolute Gasteiger partial charge is 0.478 e. The highest BCUT2D eigenvalue weighted by Crippen LogP contribution is 2.38. The number of hydrogen-bond acceptors (Lipinski definition) is 16. The van der Waals surface area contributed by atoms with Gasteiger partial charge in [0, 0.05) is 122 Å². The minimum atomic E-state index is -0.930. The molecule has 5 fully saturated rings. The van der Waals surface area contributed by atoms with E-state index in [9.17, 15) is 9.59 Å². The number of aromatic nitrogens is 6. The lowest BCUT2D eigenvalue weighted by Gasteiger charge is -2.40. The summed E-state index contributed by atoms with van der Waals surface area (Å²) in [7, 11) is 7.92. The molecule has 4 aromatic rings. The molecular formula is C44H63N13O3S2. The number of piperidine rings is 4. The number of carboxylic acid groups (broad SMARTS) is 1. The van der Waals surface area contributed by atoms with Crippen LogP contribution < -0.4 is 34.7 Å². The SMILES string of the molecule is CN(C)c1nsc(N2CCC(C3CCN(c4ccc(C(=O)NC5(C)CC5)cn4)CC3)CC2)n1.CN(C)c1nsc(N2CCC(C3CCN(c4ccc(C(=O)O)cn4)CC3)CC2)n1. The third-order valence-electron chi connectivity index (χ3n) is 13.7. The summed E-state index contributed by atoms with van der Waals surface area (Å²) in [6.07, 6.45) is 15.0. The van der Waals surface area contributed by atoms with Gasteiger partial charge in [-0.15, -0.1) is 0 Å². The van der Waals surface area contributed by atoms with E-state index < -0.39 is 5.97 Å². The third-order valence-corrected chi connectivity index (χ3v) is 15.2. The molecule has 0 unspecified atom stereocenters. The Morgan fingerprint density at radius 3 is 1.29 bits per heavy atom. The van der Waals surface area contributed by atoms with Gasteiger partial charge in [-0.1, -0.05) is 0 Å². The molecule has 4 aliphatic heterocycles. The molecular weight excluding hydrogens is 823 g/mol. The first kappa shape index (κ1) is 43.8. The van der Waals surface area contributed by atoms with Crippen molar-refractivity contribution in [3.05, 3.63) is 47.8 Å². The number of carbonyl (C=O) groups excluding carboxylic acids is 1. The Bertz CT molecular complexity index is 2080. The normalized spacial score (nSPS) is 20.1. The molecule has 9 rings (SSSR count). The summed E-state index contributed by atoms with van der Waals surface area (Å²) in [6, 6.07) is 7.39. The minimum absolute atomic E-state index is 0.000121. The molecule has 0 spiro atoms. The van der Waals surface area contributed by atoms with Crippen LogP contribution in [0.2, 0.25) is 0 Å². The molecule has 1 saturated carbocycles. The van der Waals surface area contributed by atoms with E-state index in [-0.39, 0.29) is 17.0 Å². The molecule has 2 N–H and O–H groups in total. The fourth-order valence-electron chi connectivity index (χ4n) is 9.43. The van der Waals surface area contributed by atoms with Crippen LogP contribution in [0.4, 0.5) is 33.8 Å². The Morgan fingerprint density at radius 2 is 0.984 bits per heavy atom. The number of pyridine rings is 2. The van der Waals surface area contributed by atoms with Crippen molar-refractivity contribution < 1.29 is 14.7 Å². The lowest BCUT2D eigenvalue weighted by Crippen LogP contribution is -2.41. The van der Waals surface area contributed by atoms with Crippen LogP contribution in [0.1, 0.15) is 91.8 Å². The molecule has 334 valence electrons. The zero-order chi connectivity index (χ0) is 43.4. The van der Waals surface area contributed by atoms with Gasteiger partial charge in [-0.2, -0.15) is 18.7 Å². The zero-order valence-electron chi connectivity index (χ0n) is 36.9. The Labute approximate surface area is 374 Å². The van der Waals surface area contributed by atoms with Gasteiger partial charge in [0.05, 0.1) is 11.1 Å². The van der Waals surface area contributed by atoms with Crippen LogP contribution in [0, 0.1) is 23.7 Å². The number of anilines is 6. The maximum Gasteiger partial charge on any atom is 0.337 e. The van der Waals surface area contributed by atoms with Crippen LogP contribution in [-0.4, -0.2) is 132 Å². The van der Waals surface area contributed by atoms with Crippen molar-refractivity contribution in [1.29, 1.82) is 0 Å². The van der Waals surface area contributed by atoms with Crippen LogP contribution >= 0.6 is 23.1 Å². The Kier molecular flexibility index (Phi) is 13.6. The molecule has 0 atom stereocenters. The highest BCUT2D eigenvalue weighted by atomic mass is 32.1. The number of carboxylic acids is 1. The maximum atomic E-state index is 12.4. The average Bonchev–Trinajstić information content (AvgIpc) is 3.63. The molecule has 8 heterocycles. The van der Waals surface area contributed by atoms with E-state index in [1.54, 1.807) is 12.3 Å². The van der Waals surface area contributed by atoms with E-state index in [1.807, 2.05) is 56.2 Å². The topological polar surface area (TPSA) is 163 Å². The van der Waals surface area contributed by atoms with Crippen LogP contribution in [-0.2, 0) is 0 Å². The highest BCUT2D eigenvalue weighted by molar-refractivity contribution is 7.10. The molecule has 0 radical (unpaired) electrons. The van der Waals surface area contributed by atoms with Crippen molar-refractivity contribution in [2.45, 2.75) is 76.7 Å². The number of nitrogens with one attached hydrogen (secondary N) is 1. The Morgan fingerprint density at radius 1 is 0.613 bits per heavy atom. The quantitative estimate of drug-likeness (QED) is 0.174. The predicted molar refractivity (Wildman–Crippen MR) is 249 cm³/mol. The standard InChI is InChI=1S/C24H35N7OS.C20H28N6O2S/c1-24(10-11-24)27-21(32)19-4-5-20(25-16-19)30-12-6-17(7-13-30)18-8-14-31(15-9-18)23-26-22(28-33-23)29(2)3;1-24(2)19-22-20(29-23-19)26-11-7-15(8-12-26)14-5-9-25(10-6-14)17-4-3-16(13-21-17)18(27)28/h4-5,16-18H,6-15H2,1-3H3,(H,27,32);3-4,13-15H,5-12H2,1-2H3,(H,27,28). The van der Waals surface area contributed by atoms with Crippen molar-refractivity contribution in [3.63, 3.8) is 0 Å². The number of nitrogens with zero attached hydrogens (tertiary/aromatic N) is 12. The monoisotopic (exact) mass is 885 g/mol. The number of amides is 1. The second-order valence-corrected chi connectivity index (χ2v) is 19.9. The van der Waals surface area contributed by atoms with Crippen molar-refractivity contribution in [2.24, 2.45) is 23.7 Å². The zero-order valence-corrected chi connectivity index (χ0v) is 38.6. The molecule has 18 heteroatoms. The molecule has 16 nitrogen and oxygen atoms in total. The first-order valence-electron chi connectivity index (χ1n) is 22.4. The smallest absolute Gasteiger partial charge is 0.337 e. The summed E-state index contributed by atoms with van der Waals surface area (Å²) in [4.78, 5) is 55.0. The van der Waals surface area contributed by atoms with Gasteiger partial charge in [-0.05, 0) is 119 Å². The Balaban J connectivity index is 0.000000172. The summed E-state index contributed by atoms with van der Waals surface area (Å²) < 4.78 is 8.87. The van der Waals surface area contributed by atoms with Gasteiger partial charge >= 0.3 is 5.97 Å². The van der Waals surface area contributed by atoms with Crippen molar-refractivity contribution in [3.8, 4) is 0 Å². The average molecular weight is 886 g/mol. The highest BCUT2D eigenvalue weighted by Gasteiger charge is 2.39. The number of aromatic carboxylic acids is 1. The lowest BCUT2D eigenvalue weighted by molar-refractivity contribution is 0.0696. The fourth-order valence-corrected chi connectivity index (χ4v) is 11.0. The van der Waals surface area contributed by atoms with Crippen LogP contribution in [0.5, 0.6) is 0 Å². The molecule has 0 aromatic carbocycles. The van der Waals surface area contributed by atoms with Gasteiger partial charge < -0.3 is 39.8 Å². The fraction of sp³-hybridized carbons (Fsp3) is 0.636. The number of hydrogen-bond donors (Lipinski definition) is 2. The van der Waals surface area contributed by atoms with Crippen LogP contribution in [0.25, 0.3) is 0 Å². The van der Waals surface area contributed by atoms with Gasteiger partial charge in [0.25, 0.3) is 5.91 Å². The molecule has 4 aromatic heterocycles. The van der Waals surface area contributed by atoms with Crippen LogP contribution in [0.3, 0.4) is 0 Å². The van der Waals surface area contributed by atoms with E-state index in [4.69, 9.17) is 5.11 Å². The maximum absolute atomic E-state index is 12.4. The molecule has 1 amide bonds. The van der Waals surface area contributed by atoms with Gasteiger partial charge in [-0.3, -0.25) is 4.79 Å². The first-order chi connectivity index (χ1) is 29.9. The van der Waals surface area contributed by atoms with E-state index in [0.29, 0.717) is 5.56 Å². The van der Waals surface area contributed by atoms with E-state index in [1.165, 1.54) is 80.6 Å². The Hall–Kier alpha value is -4.84. The molecule has 62 heavy (non-hydrogen) atoms. The molecule has 4 saturated heterocycles. The van der Waals surface area contributed by atoms with E-state index >= 15 is 0 Å². The van der Waals surface area contributed by atoms with Crippen molar-refractivity contribution in [2.75, 3.05) is 110 Å². The van der Waals surface area contributed by atoms with E-state index in [2.05, 4.69) is 60.5 Å². The number of carbonyl (C=O) groups is 2. The lowest BCUT2D eigenvalue weighted by atomic mass is 9.79. The van der Waals surface area contributed by atoms with Gasteiger partial charge in [0.15, 0.2) is 0 Å². The molecule has 5 aliphatic rings. The summed E-state index contributed by atoms with van der Waals surface area (Å²) in [5, 5.41) is 14.2. The van der Waals surface area contributed by atoms with Crippen molar-refractivity contribution in [1.82, 2.24) is 34.0 Å². The summed E-state index contributed by atoms with van der Waals surface area (Å²) >= 11 is 3.01. The van der Waals surface area contributed by atoms with Gasteiger partial charge in [-0.25, -0.2) is 14.8 Å². The van der Waals surface area contributed by atoms with Gasteiger partial charge in [0.1, 0.15) is 11.6 Å². The summed E-state index contributed by atoms with van der Waals surface area (Å²) in [5.74, 6) is 5.67. The third kappa shape index (κ3) is 10.7.